The minimum atomic E-state index is -0.639. The molecule has 126 valence electrons. The van der Waals surface area contributed by atoms with E-state index in [-0.39, 0.29) is 12.4 Å². The topological polar surface area (TPSA) is 73.6 Å². The van der Waals surface area contributed by atoms with E-state index in [0.29, 0.717) is 18.4 Å². The summed E-state index contributed by atoms with van der Waals surface area (Å²) in [5.74, 6) is 0.187. The van der Waals surface area contributed by atoms with Crippen LogP contribution in [0.5, 0.6) is 5.75 Å². The summed E-state index contributed by atoms with van der Waals surface area (Å²) in [6.07, 6.45) is 7.13. The molecular weight excluding hydrogens is 370 g/mol. The van der Waals surface area contributed by atoms with Crippen molar-refractivity contribution in [3.8, 4) is 5.75 Å². The Labute approximate surface area is 149 Å². The smallest absolute Gasteiger partial charge is 0.122 e. The molecule has 0 aliphatic rings. The number of hydrogen-bond donors (Lipinski definition) is 3. The third kappa shape index (κ3) is 5.60. The number of aliphatic hydroxyl groups excluding tert-OH is 2. The molecule has 3 N–H and O–H groups in total. The number of halogens is 1. The molecule has 0 radical (unpaired) electrons. The van der Waals surface area contributed by atoms with Gasteiger partial charge in [-0.15, -0.1) is 0 Å². The zero-order chi connectivity index (χ0) is 17.4. The molecule has 0 saturated heterocycles. The standard InChI is InChI=1S/C19H20BrNO3/c20-16-7-9-19(24)15(13-16)12-14(18-5-1-2-10-21-18)6-8-17(23)4-3-11-22/h1-5,7,9-10,12-13,17,22-24H,6,8,11H2/b4-3-,14-12-/t17-/m0/s1. The van der Waals surface area contributed by atoms with Crippen LogP contribution >= 0.6 is 15.9 Å². The summed E-state index contributed by atoms with van der Waals surface area (Å²) in [4.78, 5) is 4.37. The lowest BCUT2D eigenvalue weighted by molar-refractivity contribution is 0.213. The Hall–Kier alpha value is -1.95. The van der Waals surface area contributed by atoms with Gasteiger partial charge in [-0.2, -0.15) is 0 Å². The molecule has 1 heterocycles. The summed E-state index contributed by atoms with van der Waals surface area (Å²) in [5, 5.41) is 28.8. The second-order valence-electron chi connectivity index (χ2n) is 5.30. The van der Waals surface area contributed by atoms with Gasteiger partial charge in [0.2, 0.25) is 0 Å². The van der Waals surface area contributed by atoms with E-state index >= 15 is 0 Å². The average molecular weight is 390 g/mol. The SMILES string of the molecule is OC/C=C\[C@H](O)CC/C(=C/c1cc(Br)ccc1O)c1ccccn1. The number of hydrogen-bond acceptors (Lipinski definition) is 4. The van der Waals surface area contributed by atoms with Crippen molar-refractivity contribution in [3.63, 3.8) is 0 Å². The Morgan fingerprint density at radius 2 is 2.08 bits per heavy atom. The molecule has 0 saturated carbocycles. The summed E-state index contributed by atoms with van der Waals surface area (Å²) in [6, 6.07) is 10.9. The number of nitrogens with zero attached hydrogens (tertiary/aromatic N) is 1. The quantitative estimate of drug-likeness (QED) is 0.629. The summed E-state index contributed by atoms with van der Waals surface area (Å²) < 4.78 is 0.873. The van der Waals surface area contributed by atoms with E-state index < -0.39 is 6.10 Å². The first-order valence-corrected chi connectivity index (χ1v) is 8.45. The maximum Gasteiger partial charge on any atom is 0.122 e. The zero-order valence-corrected chi connectivity index (χ0v) is 14.7. The van der Waals surface area contributed by atoms with Crippen LogP contribution in [0.1, 0.15) is 24.1 Å². The minimum Gasteiger partial charge on any atom is -0.507 e. The second kappa shape index (κ2) is 9.37. The Kier molecular flexibility index (Phi) is 7.18. The fourth-order valence-corrected chi connectivity index (χ4v) is 2.65. The predicted molar refractivity (Wildman–Crippen MR) is 99.4 cm³/mol. The number of benzene rings is 1. The van der Waals surface area contributed by atoms with Gasteiger partial charge in [0, 0.05) is 16.2 Å². The van der Waals surface area contributed by atoms with Crippen molar-refractivity contribution in [1.82, 2.24) is 4.98 Å². The summed E-state index contributed by atoms with van der Waals surface area (Å²) in [6.45, 7) is -0.0914. The van der Waals surface area contributed by atoms with Gasteiger partial charge in [0.15, 0.2) is 0 Å². The number of aromatic nitrogens is 1. The van der Waals surface area contributed by atoms with Gasteiger partial charge in [0.05, 0.1) is 18.4 Å². The van der Waals surface area contributed by atoms with E-state index in [1.54, 1.807) is 24.4 Å². The maximum absolute atomic E-state index is 10.1. The van der Waals surface area contributed by atoms with Crippen molar-refractivity contribution in [2.75, 3.05) is 6.61 Å². The molecule has 4 nitrogen and oxygen atoms in total. The normalized spacial score (nSPS) is 13.4. The molecule has 24 heavy (non-hydrogen) atoms. The Bertz CT molecular complexity index is 714. The molecule has 0 fully saturated rings. The highest BCUT2D eigenvalue weighted by molar-refractivity contribution is 9.10. The van der Waals surface area contributed by atoms with Gasteiger partial charge in [0.1, 0.15) is 5.75 Å². The van der Waals surface area contributed by atoms with Gasteiger partial charge in [-0.1, -0.05) is 34.1 Å². The maximum atomic E-state index is 10.1. The van der Waals surface area contributed by atoms with Crippen molar-refractivity contribution in [3.05, 3.63) is 70.5 Å². The molecular formula is C19H20BrNO3. The largest absolute Gasteiger partial charge is 0.507 e. The third-order valence-electron chi connectivity index (χ3n) is 3.49. The molecule has 2 aromatic rings. The fourth-order valence-electron chi connectivity index (χ4n) is 2.27. The number of phenolic OH excluding ortho intramolecular Hbond substituents is 1. The van der Waals surface area contributed by atoms with Crippen LogP contribution in [0.2, 0.25) is 0 Å². The van der Waals surface area contributed by atoms with Crippen LogP contribution in [0.15, 0.2) is 59.2 Å². The Morgan fingerprint density at radius 3 is 2.79 bits per heavy atom. The molecule has 1 aromatic carbocycles. The van der Waals surface area contributed by atoms with Gasteiger partial charge in [-0.05, 0) is 54.8 Å². The number of allylic oxidation sites excluding steroid dienone is 1. The molecule has 0 spiro atoms. The number of aliphatic hydroxyl groups is 2. The first-order valence-electron chi connectivity index (χ1n) is 7.66. The van der Waals surface area contributed by atoms with Gasteiger partial charge < -0.3 is 15.3 Å². The molecule has 2 rings (SSSR count). The molecule has 0 aliphatic heterocycles. The summed E-state index contributed by atoms with van der Waals surface area (Å²) in [5.41, 5.74) is 2.40. The van der Waals surface area contributed by atoms with Crippen LogP contribution in [0.25, 0.3) is 11.6 Å². The third-order valence-corrected chi connectivity index (χ3v) is 3.98. The fraction of sp³-hybridized carbons (Fsp3) is 0.211. The van der Waals surface area contributed by atoms with Crippen LogP contribution < -0.4 is 0 Å². The lowest BCUT2D eigenvalue weighted by Gasteiger charge is -2.10. The van der Waals surface area contributed by atoms with E-state index in [9.17, 15) is 10.2 Å². The molecule has 5 heteroatoms. The number of pyridine rings is 1. The number of rotatable bonds is 7. The number of phenols is 1. The highest BCUT2D eigenvalue weighted by Gasteiger charge is 2.08. The van der Waals surface area contributed by atoms with Gasteiger partial charge in [-0.25, -0.2) is 0 Å². The van der Waals surface area contributed by atoms with E-state index in [2.05, 4.69) is 20.9 Å². The lowest BCUT2D eigenvalue weighted by Crippen LogP contribution is -2.03. The van der Waals surface area contributed by atoms with Crippen molar-refractivity contribution >= 4 is 27.6 Å². The Balaban J connectivity index is 2.28. The van der Waals surface area contributed by atoms with E-state index in [1.165, 1.54) is 6.08 Å². The van der Waals surface area contributed by atoms with Gasteiger partial charge >= 0.3 is 0 Å². The first-order chi connectivity index (χ1) is 11.6. The lowest BCUT2D eigenvalue weighted by atomic mass is 10.00. The highest BCUT2D eigenvalue weighted by Crippen LogP contribution is 2.28. The summed E-state index contributed by atoms with van der Waals surface area (Å²) >= 11 is 3.40. The van der Waals surface area contributed by atoms with E-state index in [1.807, 2.05) is 30.3 Å². The van der Waals surface area contributed by atoms with Crippen LogP contribution in [0.4, 0.5) is 0 Å². The summed E-state index contributed by atoms with van der Waals surface area (Å²) in [7, 11) is 0. The molecule has 0 amide bonds. The zero-order valence-electron chi connectivity index (χ0n) is 13.1. The minimum absolute atomic E-state index is 0.0914. The van der Waals surface area contributed by atoms with Crippen LogP contribution in [-0.2, 0) is 0 Å². The molecule has 0 aliphatic carbocycles. The highest BCUT2D eigenvalue weighted by atomic mass is 79.9. The average Bonchev–Trinajstić information content (AvgIpc) is 2.60. The van der Waals surface area contributed by atoms with Gasteiger partial charge in [0.25, 0.3) is 0 Å². The Morgan fingerprint density at radius 1 is 1.25 bits per heavy atom. The van der Waals surface area contributed by atoms with Crippen molar-refractivity contribution in [1.29, 1.82) is 0 Å². The van der Waals surface area contributed by atoms with Crippen LogP contribution in [0, 0.1) is 0 Å². The second-order valence-corrected chi connectivity index (χ2v) is 6.22. The van der Waals surface area contributed by atoms with Crippen molar-refractivity contribution in [2.45, 2.75) is 18.9 Å². The van der Waals surface area contributed by atoms with E-state index in [0.717, 1.165) is 15.7 Å². The van der Waals surface area contributed by atoms with Crippen molar-refractivity contribution in [2.24, 2.45) is 0 Å². The molecule has 1 atom stereocenters. The first kappa shape index (κ1) is 18.4. The molecule has 0 bridgehead atoms. The number of aromatic hydroxyl groups is 1. The van der Waals surface area contributed by atoms with Gasteiger partial charge in [-0.3, -0.25) is 4.98 Å². The predicted octanol–water partition coefficient (Wildman–Crippen LogP) is 3.78. The molecule has 0 unspecified atom stereocenters. The van der Waals surface area contributed by atoms with Crippen molar-refractivity contribution < 1.29 is 15.3 Å². The molecule has 1 aromatic heterocycles. The van der Waals surface area contributed by atoms with Crippen LogP contribution in [-0.4, -0.2) is 33.0 Å². The van der Waals surface area contributed by atoms with Crippen LogP contribution in [0.3, 0.4) is 0 Å². The monoisotopic (exact) mass is 389 g/mol. The van der Waals surface area contributed by atoms with E-state index in [4.69, 9.17) is 5.11 Å².